The molecule has 4 heteroatoms. The molecular formula is C17H21BrN2S. The van der Waals surface area contributed by atoms with Gasteiger partial charge in [-0.3, -0.25) is 0 Å². The summed E-state index contributed by atoms with van der Waals surface area (Å²) >= 11 is 1.76. The van der Waals surface area contributed by atoms with Crippen molar-refractivity contribution in [2.24, 2.45) is 0 Å². The van der Waals surface area contributed by atoms with Gasteiger partial charge in [0.15, 0.2) is 12.2 Å². The number of rotatable bonds is 5. The van der Waals surface area contributed by atoms with Gasteiger partial charge in [-0.2, -0.15) is 4.57 Å². The highest BCUT2D eigenvalue weighted by atomic mass is 79.9. The fraction of sp³-hybridized carbons (Fsp3) is 0.235. The van der Waals surface area contributed by atoms with E-state index >= 15 is 0 Å². The van der Waals surface area contributed by atoms with Crippen molar-refractivity contribution in [3.05, 3.63) is 58.6 Å². The zero-order chi connectivity index (χ0) is 14.5. The van der Waals surface area contributed by atoms with Crippen molar-refractivity contribution in [3.8, 4) is 0 Å². The van der Waals surface area contributed by atoms with E-state index in [1.807, 2.05) is 6.08 Å². The summed E-state index contributed by atoms with van der Waals surface area (Å²) in [4.78, 5) is 2.11. The van der Waals surface area contributed by atoms with Gasteiger partial charge in [0.2, 0.25) is 0 Å². The number of benzene rings is 1. The topological polar surface area (TPSA) is 7.12 Å². The first-order chi connectivity index (χ1) is 9.61. The highest BCUT2D eigenvalue weighted by Gasteiger charge is 2.12. The molecule has 112 valence electrons. The van der Waals surface area contributed by atoms with Crippen molar-refractivity contribution in [1.82, 2.24) is 0 Å². The quantitative estimate of drug-likeness (QED) is 0.561. The molecule has 0 amide bonds. The predicted octanol–water partition coefficient (Wildman–Crippen LogP) is 0.770. The zero-order valence-electron chi connectivity index (χ0n) is 12.7. The number of hydrogen-bond donors (Lipinski definition) is 0. The SMILES string of the molecule is C=CC[n+]1c(C)csc1/C=C/c1ccc(N(C)C)cc1.[Br-]. The molecule has 0 aliphatic carbocycles. The van der Waals surface area contributed by atoms with Crippen LogP contribution in [-0.2, 0) is 6.54 Å². The van der Waals surface area contributed by atoms with Gasteiger partial charge in [-0.25, -0.2) is 0 Å². The summed E-state index contributed by atoms with van der Waals surface area (Å²) < 4.78 is 2.27. The van der Waals surface area contributed by atoms with Crippen LogP contribution in [0, 0.1) is 6.92 Å². The second-order valence-corrected chi connectivity index (χ2v) is 5.82. The summed E-state index contributed by atoms with van der Waals surface area (Å²) in [5.41, 5.74) is 3.71. The first-order valence-electron chi connectivity index (χ1n) is 6.66. The molecule has 0 atom stereocenters. The van der Waals surface area contributed by atoms with Gasteiger partial charge in [0.05, 0.1) is 5.38 Å². The zero-order valence-corrected chi connectivity index (χ0v) is 15.1. The van der Waals surface area contributed by atoms with E-state index in [9.17, 15) is 0 Å². The number of nitrogens with zero attached hydrogens (tertiary/aromatic N) is 2. The maximum absolute atomic E-state index is 3.82. The van der Waals surface area contributed by atoms with Gasteiger partial charge in [-0.05, 0) is 29.8 Å². The third-order valence-corrected chi connectivity index (χ3v) is 4.24. The van der Waals surface area contributed by atoms with Crippen molar-refractivity contribution in [1.29, 1.82) is 0 Å². The summed E-state index contributed by atoms with van der Waals surface area (Å²) in [7, 11) is 4.11. The van der Waals surface area contributed by atoms with Gasteiger partial charge in [0, 0.05) is 32.8 Å². The van der Waals surface area contributed by atoms with Crippen LogP contribution in [0.5, 0.6) is 0 Å². The van der Waals surface area contributed by atoms with Crippen molar-refractivity contribution >= 4 is 29.2 Å². The Morgan fingerprint density at radius 3 is 2.43 bits per heavy atom. The number of halogens is 1. The Bertz CT molecular complexity index is 612. The van der Waals surface area contributed by atoms with E-state index in [1.165, 1.54) is 22.0 Å². The molecule has 21 heavy (non-hydrogen) atoms. The number of hydrogen-bond acceptors (Lipinski definition) is 2. The van der Waals surface area contributed by atoms with Crippen LogP contribution in [-0.4, -0.2) is 14.1 Å². The molecular weight excluding hydrogens is 344 g/mol. The second kappa shape index (κ2) is 8.15. The van der Waals surface area contributed by atoms with E-state index in [1.54, 1.807) is 11.3 Å². The molecule has 0 N–H and O–H groups in total. The lowest BCUT2D eigenvalue weighted by Gasteiger charge is -2.11. The first kappa shape index (κ1) is 17.7. The standard InChI is InChI=1S/C17H21N2S.BrH/c1-5-12-19-14(2)13-20-17(19)11-8-15-6-9-16(10-7-15)18(3)4;/h5-11,13H,1,12H2,2-4H3;1H/q+1;/p-1. The van der Waals surface area contributed by atoms with Gasteiger partial charge in [0.25, 0.3) is 5.01 Å². The van der Waals surface area contributed by atoms with Gasteiger partial charge in [0.1, 0.15) is 0 Å². The predicted molar refractivity (Wildman–Crippen MR) is 89.1 cm³/mol. The van der Waals surface area contributed by atoms with Crippen molar-refractivity contribution < 1.29 is 21.5 Å². The van der Waals surface area contributed by atoms with Crippen molar-refractivity contribution in [2.45, 2.75) is 13.5 Å². The molecule has 0 unspecified atom stereocenters. The summed E-state index contributed by atoms with van der Waals surface area (Å²) in [6, 6.07) is 8.56. The summed E-state index contributed by atoms with van der Waals surface area (Å²) in [5.74, 6) is 0. The van der Waals surface area contributed by atoms with E-state index in [2.05, 4.69) is 78.9 Å². The Balaban J connectivity index is 0.00000220. The monoisotopic (exact) mass is 364 g/mol. The maximum atomic E-state index is 3.82. The molecule has 0 saturated carbocycles. The van der Waals surface area contributed by atoms with Crippen molar-refractivity contribution in [3.63, 3.8) is 0 Å². The van der Waals surface area contributed by atoms with Crippen LogP contribution in [0.1, 0.15) is 16.3 Å². The Hall–Kier alpha value is -1.39. The molecule has 2 aromatic rings. The fourth-order valence-electron chi connectivity index (χ4n) is 1.99. The lowest BCUT2D eigenvalue weighted by molar-refractivity contribution is -0.689. The van der Waals surface area contributed by atoms with E-state index in [-0.39, 0.29) is 17.0 Å². The lowest BCUT2D eigenvalue weighted by atomic mass is 10.2. The average molecular weight is 365 g/mol. The fourth-order valence-corrected chi connectivity index (χ4v) is 2.90. The minimum atomic E-state index is 0. The molecule has 0 radical (unpaired) electrons. The molecule has 0 bridgehead atoms. The maximum Gasteiger partial charge on any atom is 0.262 e. The van der Waals surface area contributed by atoms with Crippen LogP contribution in [0.2, 0.25) is 0 Å². The first-order valence-corrected chi connectivity index (χ1v) is 7.54. The number of aryl methyl sites for hydroxylation is 1. The Morgan fingerprint density at radius 1 is 1.19 bits per heavy atom. The van der Waals surface area contributed by atoms with Crippen LogP contribution < -0.4 is 26.4 Å². The van der Waals surface area contributed by atoms with Crippen LogP contribution >= 0.6 is 11.3 Å². The number of allylic oxidation sites excluding steroid dienone is 1. The van der Waals surface area contributed by atoms with Crippen LogP contribution in [0.15, 0.2) is 42.3 Å². The number of aromatic nitrogens is 1. The Morgan fingerprint density at radius 2 is 1.86 bits per heavy atom. The largest absolute Gasteiger partial charge is 1.00 e. The van der Waals surface area contributed by atoms with Crippen LogP contribution in [0.4, 0.5) is 5.69 Å². The van der Waals surface area contributed by atoms with Crippen LogP contribution in [0.25, 0.3) is 12.2 Å². The van der Waals surface area contributed by atoms with E-state index in [4.69, 9.17) is 0 Å². The molecule has 0 aliphatic heterocycles. The van der Waals surface area contributed by atoms with E-state index in [0.717, 1.165) is 6.54 Å². The minimum Gasteiger partial charge on any atom is -1.00 e. The summed E-state index contributed by atoms with van der Waals surface area (Å²) in [5, 5.41) is 3.43. The molecule has 2 nitrogen and oxygen atoms in total. The lowest BCUT2D eigenvalue weighted by Crippen LogP contribution is -3.00. The summed E-state index contributed by atoms with van der Waals surface area (Å²) in [6.45, 7) is 6.80. The third-order valence-electron chi connectivity index (χ3n) is 3.18. The van der Waals surface area contributed by atoms with Crippen LogP contribution in [0.3, 0.4) is 0 Å². The number of anilines is 1. The van der Waals surface area contributed by atoms with E-state index < -0.39 is 0 Å². The molecule has 1 heterocycles. The minimum absolute atomic E-state index is 0. The second-order valence-electron chi connectivity index (χ2n) is 4.93. The van der Waals surface area contributed by atoms with Gasteiger partial charge in [-0.1, -0.05) is 30.0 Å². The molecule has 0 aliphatic rings. The molecule has 0 spiro atoms. The highest BCUT2D eigenvalue weighted by Crippen LogP contribution is 2.15. The van der Waals surface area contributed by atoms with Crippen molar-refractivity contribution in [2.75, 3.05) is 19.0 Å². The van der Waals surface area contributed by atoms with Gasteiger partial charge >= 0.3 is 0 Å². The molecule has 1 aromatic carbocycles. The number of thiazole rings is 1. The highest BCUT2D eigenvalue weighted by molar-refractivity contribution is 7.10. The molecule has 0 fully saturated rings. The van der Waals surface area contributed by atoms with Gasteiger partial charge < -0.3 is 21.9 Å². The third kappa shape index (κ3) is 4.55. The molecule has 0 saturated heterocycles. The summed E-state index contributed by atoms with van der Waals surface area (Å²) in [6.07, 6.45) is 6.26. The van der Waals surface area contributed by atoms with E-state index in [0.29, 0.717) is 0 Å². The average Bonchev–Trinajstić information content (AvgIpc) is 2.79. The smallest absolute Gasteiger partial charge is 0.262 e. The Kier molecular flexibility index (Phi) is 6.85. The van der Waals surface area contributed by atoms with Gasteiger partial charge in [-0.15, -0.1) is 0 Å². The molecule has 2 rings (SSSR count). The Labute approximate surface area is 141 Å². The molecule has 1 aromatic heterocycles. The normalized spacial score (nSPS) is 10.4.